The number of fused-ring (bicyclic) bond motifs is 1. The van der Waals surface area contributed by atoms with Crippen LogP contribution in [0.25, 0.3) is 10.9 Å². The molecule has 1 heterocycles. The summed E-state index contributed by atoms with van der Waals surface area (Å²) in [5.41, 5.74) is 2.92. The number of aromatic nitrogens is 1. The summed E-state index contributed by atoms with van der Waals surface area (Å²) in [7, 11) is 0. The van der Waals surface area contributed by atoms with E-state index in [0.717, 1.165) is 67.0 Å². The van der Waals surface area contributed by atoms with Crippen LogP contribution in [0.3, 0.4) is 0 Å². The minimum atomic E-state index is -0.0216. The van der Waals surface area contributed by atoms with Crippen LogP contribution in [0.2, 0.25) is 0 Å². The molecule has 0 aliphatic heterocycles. The molecule has 2 aromatic rings. The van der Waals surface area contributed by atoms with Crippen LogP contribution in [0.5, 0.6) is 0 Å². The number of hydrogen-bond acceptors (Lipinski definition) is 3. The molecule has 1 aliphatic carbocycles. The lowest BCUT2D eigenvalue weighted by Gasteiger charge is -2.36. The Balaban J connectivity index is 1.78. The van der Waals surface area contributed by atoms with Gasteiger partial charge in [0.25, 0.3) is 5.56 Å². The van der Waals surface area contributed by atoms with Crippen LogP contribution in [0.15, 0.2) is 29.1 Å². The van der Waals surface area contributed by atoms with Crippen molar-refractivity contribution in [2.24, 2.45) is 0 Å². The van der Waals surface area contributed by atoms with Crippen molar-refractivity contribution in [3.63, 3.8) is 0 Å². The molecule has 1 fully saturated rings. The topological polar surface area (TPSA) is 57.4 Å². The Bertz CT molecular complexity index is 890. The summed E-state index contributed by atoms with van der Waals surface area (Å²) >= 11 is 5.77. The first-order valence-electron chi connectivity index (χ1n) is 11.4. The molecule has 0 bridgehead atoms. The third-order valence-electron chi connectivity index (χ3n) is 5.96. The number of thiocarbonyl (C=S) groups is 1. The van der Waals surface area contributed by atoms with E-state index in [1.54, 1.807) is 0 Å². The van der Waals surface area contributed by atoms with Gasteiger partial charge >= 0.3 is 0 Å². The smallest absolute Gasteiger partial charge is 0.253 e. The summed E-state index contributed by atoms with van der Waals surface area (Å²) in [6.45, 7) is 6.96. The molecular formula is C24H35N3O2S. The van der Waals surface area contributed by atoms with Crippen LogP contribution < -0.4 is 10.9 Å². The van der Waals surface area contributed by atoms with Gasteiger partial charge in [0.15, 0.2) is 5.11 Å². The highest BCUT2D eigenvalue weighted by Crippen LogP contribution is 2.24. The maximum Gasteiger partial charge on any atom is 0.253 e. The van der Waals surface area contributed by atoms with E-state index < -0.39 is 0 Å². The average molecular weight is 430 g/mol. The zero-order valence-corrected chi connectivity index (χ0v) is 19.2. The van der Waals surface area contributed by atoms with Crippen LogP contribution in [-0.2, 0) is 17.7 Å². The van der Waals surface area contributed by atoms with E-state index in [-0.39, 0.29) is 5.56 Å². The highest BCUT2D eigenvalue weighted by molar-refractivity contribution is 7.80. The summed E-state index contributed by atoms with van der Waals surface area (Å²) in [4.78, 5) is 18.1. The Morgan fingerprint density at radius 3 is 2.77 bits per heavy atom. The third-order valence-corrected chi connectivity index (χ3v) is 6.34. The maximum absolute atomic E-state index is 12.8. The quantitative estimate of drug-likeness (QED) is 0.453. The fourth-order valence-electron chi connectivity index (χ4n) is 4.20. The van der Waals surface area contributed by atoms with Gasteiger partial charge in [-0.1, -0.05) is 32.3 Å². The molecule has 1 aliphatic rings. The number of ether oxygens (including phenoxy) is 1. The van der Waals surface area contributed by atoms with Gasteiger partial charge in [-0.3, -0.25) is 4.79 Å². The Morgan fingerprint density at radius 1 is 1.23 bits per heavy atom. The SMILES string of the molecule is CCOCCCNC(=S)N(Cc1cc2cc(CC)ccc2[nH]c1=O)C1CCCCC1. The summed E-state index contributed by atoms with van der Waals surface area (Å²) in [6.07, 6.45) is 7.90. The zero-order chi connectivity index (χ0) is 21.3. The molecule has 3 rings (SSSR count). The minimum absolute atomic E-state index is 0.0216. The van der Waals surface area contributed by atoms with Crippen LogP contribution in [-0.4, -0.2) is 40.8 Å². The van der Waals surface area contributed by atoms with E-state index in [1.807, 2.05) is 19.1 Å². The van der Waals surface area contributed by atoms with Crippen molar-refractivity contribution >= 4 is 28.2 Å². The van der Waals surface area contributed by atoms with Crippen LogP contribution in [0.1, 0.15) is 63.5 Å². The number of hydrogen-bond donors (Lipinski definition) is 2. The lowest BCUT2D eigenvalue weighted by Crippen LogP contribution is -2.47. The Labute approximate surface area is 185 Å². The molecule has 0 spiro atoms. The predicted octanol–water partition coefficient (Wildman–Crippen LogP) is 4.53. The summed E-state index contributed by atoms with van der Waals surface area (Å²) in [5, 5.41) is 5.24. The van der Waals surface area contributed by atoms with Gasteiger partial charge in [0.05, 0.1) is 6.54 Å². The van der Waals surface area contributed by atoms with Gasteiger partial charge in [-0.05, 0) is 74.0 Å². The molecule has 1 saturated carbocycles. The molecule has 30 heavy (non-hydrogen) atoms. The number of aryl methyl sites for hydroxylation is 1. The molecule has 0 radical (unpaired) electrons. The molecule has 6 heteroatoms. The largest absolute Gasteiger partial charge is 0.382 e. The van der Waals surface area contributed by atoms with Crippen LogP contribution >= 0.6 is 12.2 Å². The number of rotatable bonds is 9. The number of benzene rings is 1. The maximum atomic E-state index is 12.8. The van der Waals surface area contributed by atoms with E-state index in [2.05, 4.69) is 34.3 Å². The van der Waals surface area contributed by atoms with Gasteiger partial charge in [-0.15, -0.1) is 0 Å². The van der Waals surface area contributed by atoms with Gasteiger partial charge in [0.2, 0.25) is 0 Å². The molecule has 0 amide bonds. The zero-order valence-electron chi connectivity index (χ0n) is 18.3. The molecule has 164 valence electrons. The summed E-state index contributed by atoms with van der Waals surface area (Å²) < 4.78 is 5.42. The Morgan fingerprint density at radius 2 is 2.03 bits per heavy atom. The van der Waals surface area contributed by atoms with Gasteiger partial charge in [-0.25, -0.2) is 0 Å². The van der Waals surface area contributed by atoms with Crippen LogP contribution in [0.4, 0.5) is 0 Å². The van der Waals surface area contributed by atoms with Crippen molar-refractivity contribution in [2.45, 2.75) is 71.4 Å². The van der Waals surface area contributed by atoms with Crippen molar-refractivity contribution in [1.82, 2.24) is 15.2 Å². The normalized spacial score (nSPS) is 14.7. The van der Waals surface area contributed by atoms with Crippen molar-refractivity contribution in [3.05, 3.63) is 45.7 Å². The van der Waals surface area contributed by atoms with Crippen molar-refractivity contribution < 1.29 is 4.74 Å². The number of H-pyrrole nitrogens is 1. The van der Waals surface area contributed by atoms with E-state index >= 15 is 0 Å². The second-order valence-electron chi connectivity index (χ2n) is 8.10. The third kappa shape index (κ3) is 6.05. The van der Waals surface area contributed by atoms with E-state index in [4.69, 9.17) is 17.0 Å². The van der Waals surface area contributed by atoms with Gasteiger partial charge in [0.1, 0.15) is 0 Å². The fourth-order valence-corrected chi connectivity index (χ4v) is 4.51. The lowest BCUT2D eigenvalue weighted by atomic mass is 9.94. The first-order valence-corrected chi connectivity index (χ1v) is 11.8. The Hall–Kier alpha value is -1.92. The van der Waals surface area contributed by atoms with E-state index in [0.29, 0.717) is 12.6 Å². The molecule has 0 atom stereocenters. The fraction of sp³-hybridized carbons (Fsp3) is 0.583. The van der Waals surface area contributed by atoms with Crippen LogP contribution in [0, 0.1) is 0 Å². The van der Waals surface area contributed by atoms with Gasteiger partial charge in [-0.2, -0.15) is 0 Å². The monoisotopic (exact) mass is 429 g/mol. The number of pyridine rings is 1. The van der Waals surface area contributed by atoms with Crippen molar-refractivity contribution in [3.8, 4) is 0 Å². The van der Waals surface area contributed by atoms with E-state index in [9.17, 15) is 4.79 Å². The number of nitrogens with one attached hydrogen (secondary N) is 2. The van der Waals surface area contributed by atoms with Crippen molar-refractivity contribution in [2.75, 3.05) is 19.8 Å². The highest BCUT2D eigenvalue weighted by Gasteiger charge is 2.24. The first kappa shape index (κ1) is 22.8. The molecule has 0 saturated heterocycles. The van der Waals surface area contributed by atoms with E-state index in [1.165, 1.54) is 24.8 Å². The van der Waals surface area contributed by atoms with Gasteiger partial charge in [0, 0.05) is 36.9 Å². The molecule has 1 aromatic carbocycles. The highest BCUT2D eigenvalue weighted by atomic mass is 32.1. The molecule has 2 N–H and O–H groups in total. The average Bonchev–Trinajstić information content (AvgIpc) is 2.77. The summed E-state index contributed by atoms with van der Waals surface area (Å²) in [5.74, 6) is 0. The minimum Gasteiger partial charge on any atom is -0.382 e. The second-order valence-corrected chi connectivity index (χ2v) is 8.49. The number of aromatic amines is 1. The standard InChI is InChI=1S/C24H35N3O2S/c1-3-18-11-12-22-19(15-18)16-20(23(28)26-22)17-27(21-9-6-5-7-10-21)24(30)25-13-8-14-29-4-2/h11-12,15-16,21H,3-10,13-14,17H2,1-2H3,(H,25,30)(H,26,28). The van der Waals surface area contributed by atoms with Gasteiger partial charge < -0.3 is 19.9 Å². The molecular weight excluding hydrogens is 394 g/mol. The number of nitrogens with zero attached hydrogens (tertiary/aromatic N) is 1. The lowest BCUT2D eigenvalue weighted by molar-refractivity contribution is 0.145. The predicted molar refractivity (Wildman–Crippen MR) is 128 cm³/mol. The Kier molecular flexibility index (Phi) is 8.70. The molecule has 0 unspecified atom stereocenters. The second kappa shape index (κ2) is 11.5. The molecule has 1 aromatic heterocycles. The first-order chi connectivity index (χ1) is 14.6. The molecule has 5 nitrogen and oxygen atoms in total. The summed E-state index contributed by atoms with van der Waals surface area (Å²) in [6, 6.07) is 8.68. The van der Waals surface area contributed by atoms with Crippen molar-refractivity contribution in [1.29, 1.82) is 0 Å².